The van der Waals surface area contributed by atoms with Gasteiger partial charge in [-0.05, 0) is 31.0 Å². The zero-order valence-corrected chi connectivity index (χ0v) is 15.1. The number of rotatable bonds is 7. The molecule has 0 spiro atoms. The van der Waals surface area contributed by atoms with Crippen LogP contribution in [0, 0.1) is 0 Å². The highest BCUT2D eigenvalue weighted by Crippen LogP contribution is 2.36. The van der Waals surface area contributed by atoms with Gasteiger partial charge in [-0.25, -0.2) is 4.98 Å². The molecule has 3 aromatic rings. The number of amides is 2. The molecule has 28 heavy (non-hydrogen) atoms. The Labute approximate surface area is 160 Å². The van der Waals surface area contributed by atoms with E-state index in [0.717, 1.165) is 11.3 Å². The molecule has 2 N–H and O–H groups in total. The molecule has 0 bridgehead atoms. The van der Waals surface area contributed by atoms with Crippen molar-refractivity contribution in [2.75, 3.05) is 5.32 Å². The predicted octanol–water partition coefficient (Wildman–Crippen LogP) is 1.89. The number of nitrogens with one attached hydrogen (secondary N) is 2. The Kier molecular flexibility index (Phi) is 4.48. The number of aryl methyl sites for hydroxylation is 1. The van der Waals surface area contributed by atoms with E-state index in [1.54, 1.807) is 35.3 Å². The molecule has 0 aromatic carbocycles. The maximum Gasteiger partial charge on any atom is 0.251 e. The lowest BCUT2D eigenvalue weighted by atomic mass is 10.2. The summed E-state index contributed by atoms with van der Waals surface area (Å²) >= 11 is 0. The highest BCUT2D eigenvalue weighted by atomic mass is 16.5. The second-order valence-corrected chi connectivity index (χ2v) is 6.56. The van der Waals surface area contributed by atoms with Crippen molar-refractivity contribution in [2.45, 2.75) is 18.4 Å². The number of carbonyl (C=O) groups is 2. The Morgan fingerprint density at radius 2 is 2.07 bits per heavy atom. The highest BCUT2D eigenvalue weighted by molar-refractivity contribution is 6.00. The van der Waals surface area contributed by atoms with Crippen LogP contribution in [-0.4, -0.2) is 37.6 Å². The smallest absolute Gasteiger partial charge is 0.251 e. The summed E-state index contributed by atoms with van der Waals surface area (Å²) in [4.78, 5) is 31.4. The van der Waals surface area contributed by atoms with E-state index in [0.29, 0.717) is 36.6 Å². The second-order valence-electron chi connectivity index (χ2n) is 6.56. The van der Waals surface area contributed by atoms with Crippen LogP contribution in [0.25, 0.3) is 11.3 Å². The fourth-order valence-electron chi connectivity index (χ4n) is 2.75. The third kappa shape index (κ3) is 3.68. The molecule has 0 unspecified atom stereocenters. The molecule has 0 atom stereocenters. The number of carbonyl (C=O) groups excluding carboxylic acids is 2. The fraction of sp³-hybridized carbons (Fsp3) is 0.211. The summed E-state index contributed by atoms with van der Waals surface area (Å²) in [5.41, 5.74) is 0.847. The van der Waals surface area contributed by atoms with Crippen LogP contribution in [0.3, 0.4) is 0 Å². The topological polar surface area (TPSA) is 111 Å². The number of nitrogens with zero attached hydrogens (tertiary/aromatic N) is 4. The molecule has 9 heteroatoms. The van der Waals surface area contributed by atoms with Crippen molar-refractivity contribution in [3.63, 3.8) is 0 Å². The summed E-state index contributed by atoms with van der Waals surface area (Å²) in [7, 11) is 1.84. The van der Waals surface area contributed by atoms with Crippen LogP contribution in [0.4, 0.5) is 5.82 Å². The van der Waals surface area contributed by atoms with Gasteiger partial charge in [0.05, 0.1) is 18.1 Å². The molecule has 2 amide bonds. The first-order chi connectivity index (χ1) is 13.6. The lowest BCUT2D eigenvalue weighted by molar-refractivity contribution is -0.122. The standard InChI is InChI=1S/C19H18N6O3/c1-25-11-13(9-23-25)16-8-14(4-7-20-16)28-15-2-3-17(21-10-15)24-18(27)19(5-6-19)22-12-26/h2-4,7-12H,5-6H2,1H3,(H,22,26)(H,21,24,27). The van der Waals surface area contributed by atoms with E-state index in [2.05, 4.69) is 25.7 Å². The molecule has 9 nitrogen and oxygen atoms in total. The summed E-state index contributed by atoms with van der Waals surface area (Å²) in [6.07, 6.45) is 8.58. The van der Waals surface area contributed by atoms with E-state index in [-0.39, 0.29) is 5.91 Å². The van der Waals surface area contributed by atoms with E-state index >= 15 is 0 Å². The van der Waals surface area contributed by atoms with E-state index < -0.39 is 5.54 Å². The highest BCUT2D eigenvalue weighted by Gasteiger charge is 2.49. The van der Waals surface area contributed by atoms with Crippen LogP contribution in [-0.2, 0) is 16.6 Å². The minimum atomic E-state index is -0.793. The van der Waals surface area contributed by atoms with E-state index in [1.807, 2.05) is 19.3 Å². The van der Waals surface area contributed by atoms with Gasteiger partial charge in [0.2, 0.25) is 6.41 Å². The Morgan fingerprint density at radius 1 is 1.21 bits per heavy atom. The average molecular weight is 378 g/mol. The number of aromatic nitrogens is 4. The van der Waals surface area contributed by atoms with Crippen molar-refractivity contribution in [1.82, 2.24) is 25.1 Å². The molecular weight excluding hydrogens is 360 g/mol. The van der Waals surface area contributed by atoms with Gasteiger partial charge in [-0.2, -0.15) is 5.10 Å². The van der Waals surface area contributed by atoms with Gasteiger partial charge in [0, 0.05) is 31.1 Å². The molecule has 142 valence electrons. The van der Waals surface area contributed by atoms with Gasteiger partial charge < -0.3 is 15.4 Å². The SMILES string of the molecule is Cn1cc(-c2cc(Oc3ccc(NC(=O)C4(NC=O)CC4)nc3)ccn2)cn1. The first-order valence-electron chi connectivity index (χ1n) is 8.70. The summed E-state index contributed by atoms with van der Waals surface area (Å²) in [5.74, 6) is 1.26. The minimum absolute atomic E-state index is 0.268. The minimum Gasteiger partial charge on any atom is -0.456 e. The van der Waals surface area contributed by atoms with Gasteiger partial charge in [0.1, 0.15) is 22.9 Å². The largest absolute Gasteiger partial charge is 0.456 e. The molecule has 1 saturated carbocycles. The first-order valence-corrected chi connectivity index (χ1v) is 8.70. The van der Waals surface area contributed by atoms with E-state index in [1.165, 1.54) is 6.20 Å². The van der Waals surface area contributed by atoms with Gasteiger partial charge >= 0.3 is 0 Å². The molecule has 3 heterocycles. The molecule has 4 rings (SSSR count). The predicted molar refractivity (Wildman–Crippen MR) is 101 cm³/mol. The van der Waals surface area contributed by atoms with Crippen molar-refractivity contribution in [3.8, 4) is 22.8 Å². The monoisotopic (exact) mass is 378 g/mol. The van der Waals surface area contributed by atoms with Gasteiger partial charge in [-0.3, -0.25) is 19.3 Å². The fourth-order valence-corrected chi connectivity index (χ4v) is 2.75. The van der Waals surface area contributed by atoms with Crippen LogP contribution in [0.15, 0.2) is 49.1 Å². The van der Waals surface area contributed by atoms with E-state index in [4.69, 9.17) is 4.74 Å². The van der Waals surface area contributed by atoms with E-state index in [9.17, 15) is 9.59 Å². The molecule has 3 aromatic heterocycles. The van der Waals surface area contributed by atoms with Crippen molar-refractivity contribution in [3.05, 3.63) is 49.1 Å². The third-order valence-corrected chi connectivity index (χ3v) is 4.47. The molecule has 0 aliphatic heterocycles. The Bertz CT molecular complexity index is 1010. The second kappa shape index (κ2) is 7.10. The van der Waals surface area contributed by atoms with Gasteiger partial charge in [0.15, 0.2) is 0 Å². The van der Waals surface area contributed by atoms with Gasteiger partial charge in [0.25, 0.3) is 5.91 Å². The summed E-state index contributed by atoms with van der Waals surface area (Å²) < 4.78 is 7.53. The van der Waals surface area contributed by atoms with Crippen LogP contribution >= 0.6 is 0 Å². The van der Waals surface area contributed by atoms with Gasteiger partial charge in [-0.1, -0.05) is 0 Å². The normalized spacial score (nSPS) is 14.2. The average Bonchev–Trinajstić information content (AvgIpc) is 3.36. The maximum atomic E-state index is 12.2. The lowest BCUT2D eigenvalue weighted by Crippen LogP contribution is -2.42. The molecule has 0 radical (unpaired) electrons. The summed E-state index contributed by atoms with van der Waals surface area (Å²) in [6.45, 7) is 0. The van der Waals surface area contributed by atoms with Crippen molar-refractivity contribution in [1.29, 1.82) is 0 Å². The zero-order chi connectivity index (χ0) is 19.6. The Hall–Kier alpha value is -3.75. The van der Waals surface area contributed by atoms with Crippen LogP contribution in [0.5, 0.6) is 11.5 Å². The number of anilines is 1. The molecule has 0 saturated heterocycles. The molecule has 1 aliphatic carbocycles. The quantitative estimate of drug-likeness (QED) is 0.608. The summed E-state index contributed by atoms with van der Waals surface area (Å²) in [5, 5.41) is 9.41. The van der Waals surface area contributed by atoms with Crippen molar-refractivity contribution < 1.29 is 14.3 Å². The molecular formula is C19H18N6O3. The number of hydrogen-bond donors (Lipinski definition) is 2. The van der Waals surface area contributed by atoms with Crippen molar-refractivity contribution >= 4 is 18.1 Å². The van der Waals surface area contributed by atoms with Crippen molar-refractivity contribution in [2.24, 2.45) is 7.05 Å². The molecule has 1 fully saturated rings. The maximum absolute atomic E-state index is 12.2. The molecule has 1 aliphatic rings. The number of pyridine rings is 2. The van der Waals surface area contributed by atoms with Gasteiger partial charge in [-0.15, -0.1) is 0 Å². The first kappa shape index (κ1) is 17.7. The third-order valence-electron chi connectivity index (χ3n) is 4.47. The summed E-state index contributed by atoms with van der Waals surface area (Å²) in [6, 6.07) is 6.92. The Balaban J connectivity index is 1.42. The van der Waals surface area contributed by atoms with Crippen LogP contribution < -0.4 is 15.4 Å². The van der Waals surface area contributed by atoms with Crippen LogP contribution in [0.1, 0.15) is 12.8 Å². The zero-order valence-electron chi connectivity index (χ0n) is 15.1. The number of hydrogen-bond acceptors (Lipinski definition) is 6. The van der Waals surface area contributed by atoms with Crippen LogP contribution in [0.2, 0.25) is 0 Å². The lowest BCUT2D eigenvalue weighted by Gasteiger charge is -2.13. The Morgan fingerprint density at radius 3 is 2.71 bits per heavy atom. The number of ether oxygens (including phenoxy) is 1.